The van der Waals surface area contributed by atoms with Gasteiger partial charge in [-0.25, -0.2) is 4.98 Å². The first-order valence-corrected chi connectivity index (χ1v) is 8.89. The van der Waals surface area contributed by atoms with Gasteiger partial charge >= 0.3 is 0 Å². The minimum Gasteiger partial charge on any atom is -0.340 e. The van der Waals surface area contributed by atoms with Crippen LogP contribution in [0, 0.1) is 0 Å². The molecule has 136 valence electrons. The Kier molecular flexibility index (Phi) is 5.06. The molecule has 2 aromatic heterocycles. The maximum Gasteiger partial charge on any atom is 0.257 e. The molecule has 0 aliphatic carbocycles. The molecule has 0 fully saturated rings. The second-order valence-corrected chi connectivity index (χ2v) is 6.17. The van der Waals surface area contributed by atoms with Crippen LogP contribution in [-0.2, 0) is 0 Å². The quantitative estimate of drug-likeness (QED) is 0.513. The lowest BCUT2D eigenvalue weighted by Gasteiger charge is -2.09. The molecule has 2 N–H and O–H groups in total. The molecule has 0 bridgehead atoms. The van der Waals surface area contributed by atoms with Crippen molar-refractivity contribution in [3.63, 3.8) is 0 Å². The van der Waals surface area contributed by atoms with Crippen LogP contribution >= 0.6 is 0 Å². The van der Waals surface area contributed by atoms with Gasteiger partial charge in [-0.05, 0) is 48.5 Å². The molecule has 0 saturated carbocycles. The van der Waals surface area contributed by atoms with E-state index in [0.717, 1.165) is 16.9 Å². The molecule has 1 amide bonds. The first-order valence-electron chi connectivity index (χ1n) is 8.89. The van der Waals surface area contributed by atoms with E-state index in [1.54, 1.807) is 24.5 Å². The topological polar surface area (TPSA) is 66.9 Å². The lowest BCUT2D eigenvalue weighted by molar-refractivity contribution is 0.102. The summed E-state index contributed by atoms with van der Waals surface area (Å²) >= 11 is 0. The van der Waals surface area contributed by atoms with Gasteiger partial charge in [-0.2, -0.15) is 0 Å². The molecule has 2 aromatic carbocycles. The highest BCUT2D eigenvalue weighted by molar-refractivity contribution is 6.04. The first kappa shape index (κ1) is 17.4. The van der Waals surface area contributed by atoms with Crippen molar-refractivity contribution in [2.75, 3.05) is 10.6 Å². The predicted octanol–water partition coefficient (Wildman–Crippen LogP) is 5.14. The third kappa shape index (κ3) is 4.22. The average molecular weight is 366 g/mol. The fraction of sp³-hybridized carbons (Fsp3) is 0. The van der Waals surface area contributed by atoms with E-state index in [1.165, 1.54) is 0 Å². The number of amides is 1. The number of rotatable bonds is 5. The molecule has 0 radical (unpaired) electrons. The number of pyridine rings is 2. The second kappa shape index (κ2) is 8.14. The normalized spacial score (nSPS) is 10.3. The number of benzene rings is 2. The summed E-state index contributed by atoms with van der Waals surface area (Å²) in [7, 11) is 0. The monoisotopic (exact) mass is 366 g/mol. The summed E-state index contributed by atoms with van der Waals surface area (Å²) in [6.45, 7) is 0. The Labute approximate surface area is 163 Å². The minimum atomic E-state index is -0.211. The van der Waals surface area contributed by atoms with Crippen LogP contribution in [0.1, 0.15) is 10.4 Å². The van der Waals surface area contributed by atoms with Crippen molar-refractivity contribution in [3.8, 4) is 11.3 Å². The van der Waals surface area contributed by atoms with Gasteiger partial charge in [0.25, 0.3) is 5.91 Å². The van der Waals surface area contributed by atoms with Gasteiger partial charge in [0.1, 0.15) is 5.82 Å². The molecule has 2 heterocycles. The second-order valence-electron chi connectivity index (χ2n) is 6.17. The fourth-order valence-corrected chi connectivity index (χ4v) is 2.76. The lowest BCUT2D eigenvalue weighted by Crippen LogP contribution is -2.12. The Morgan fingerprint density at radius 2 is 1.57 bits per heavy atom. The Bertz CT molecular complexity index is 1060. The van der Waals surface area contributed by atoms with E-state index in [-0.39, 0.29) is 5.91 Å². The van der Waals surface area contributed by atoms with Crippen LogP contribution in [-0.4, -0.2) is 15.9 Å². The highest BCUT2D eigenvalue weighted by Crippen LogP contribution is 2.21. The van der Waals surface area contributed by atoms with Crippen LogP contribution in [0.15, 0.2) is 97.3 Å². The summed E-state index contributed by atoms with van der Waals surface area (Å²) in [6.07, 6.45) is 3.31. The summed E-state index contributed by atoms with van der Waals surface area (Å²) in [5, 5.41) is 6.11. The average Bonchev–Trinajstić information content (AvgIpc) is 2.76. The van der Waals surface area contributed by atoms with Crippen molar-refractivity contribution in [3.05, 3.63) is 103 Å². The summed E-state index contributed by atoms with van der Waals surface area (Å²) in [5.41, 5.74) is 3.94. The molecule has 5 heteroatoms. The highest BCUT2D eigenvalue weighted by Gasteiger charge is 2.08. The van der Waals surface area contributed by atoms with E-state index in [0.29, 0.717) is 17.1 Å². The SMILES string of the molecule is O=C(Nc1cccc(-c2ccccn2)c1)c1ccc(Nc2ccccc2)nc1. The van der Waals surface area contributed by atoms with E-state index in [1.807, 2.05) is 72.8 Å². The van der Waals surface area contributed by atoms with Crippen LogP contribution < -0.4 is 10.6 Å². The number of carbonyl (C=O) groups excluding carboxylic acids is 1. The maximum atomic E-state index is 12.5. The Balaban J connectivity index is 1.45. The molecule has 0 atom stereocenters. The van der Waals surface area contributed by atoms with Crippen LogP contribution in [0.5, 0.6) is 0 Å². The third-order valence-electron chi connectivity index (χ3n) is 4.15. The van der Waals surface area contributed by atoms with Gasteiger partial charge in [-0.3, -0.25) is 9.78 Å². The summed E-state index contributed by atoms with van der Waals surface area (Å²) in [4.78, 5) is 21.2. The molecule has 4 aromatic rings. The molecule has 5 nitrogen and oxygen atoms in total. The molecule has 0 aliphatic heterocycles. The number of para-hydroxylation sites is 1. The van der Waals surface area contributed by atoms with Crippen LogP contribution in [0.4, 0.5) is 17.2 Å². The molecule has 0 saturated heterocycles. The highest BCUT2D eigenvalue weighted by atomic mass is 16.1. The number of hydrogen-bond donors (Lipinski definition) is 2. The van der Waals surface area contributed by atoms with Crippen LogP contribution in [0.25, 0.3) is 11.3 Å². The Morgan fingerprint density at radius 3 is 2.32 bits per heavy atom. The van der Waals surface area contributed by atoms with Gasteiger partial charge in [-0.15, -0.1) is 0 Å². The van der Waals surface area contributed by atoms with Crippen molar-refractivity contribution in [1.82, 2.24) is 9.97 Å². The molecular weight excluding hydrogens is 348 g/mol. The molecule has 0 aliphatic rings. The number of aromatic nitrogens is 2. The number of anilines is 3. The Morgan fingerprint density at radius 1 is 0.750 bits per heavy atom. The van der Waals surface area contributed by atoms with Gasteiger partial charge in [0, 0.05) is 29.3 Å². The summed E-state index contributed by atoms with van der Waals surface area (Å²) in [5.74, 6) is 0.469. The first-order chi connectivity index (χ1) is 13.8. The van der Waals surface area contributed by atoms with E-state index in [4.69, 9.17) is 0 Å². The van der Waals surface area contributed by atoms with E-state index >= 15 is 0 Å². The zero-order chi connectivity index (χ0) is 19.2. The van der Waals surface area contributed by atoms with Gasteiger partial charge in [0.05, 0.1) is 11.3 Å². The van der Waals surface area contributed by atoms with Gasteiger partial charge in [-0.1, -0.05) is 36.4 Å². The van der Waals surface area contributed by atoms with Crippen LogP contribution in [0.3, 0.4) is 0 Å². The van der Waals surface area contributed by atoms with E-state index < -0.39 is 0 Å². The lowest BCUT2D eigenvalue weighted by atomic mass is 10.1. The maximum absolute atomic E-state index is 12.5. The molecular formula is C23H18N4O. The van der Waals surface area contributed by atoms with E-state index in [9.17, 15) is 4.79 Å². The Hall–Kier alpha value is -3.99. The minimum absolute atomic E-state index is 0.211. The standard InChI is InChI=1S/C23H18N4O/c28-23(18-12-13-22(25-16-18)26-19-8-2-1-3-9-19)27-20-10-6-7-17(15-20)21-11-4-5-14-24-21/h1-16H,(H,25,26)(H,27,28). The summed E-state index contributed by atoms with van der Waals surface area (Å²) in [6, 6.07) is 26.6. The molecule has 4 rings (SSSR count). The number of hydrogen-bond acceptors (Lipinski definition) is 4. The van der Waals surface area contributed by atoms with Gasteiger partial charge in [0.2, 0.25) is 0 Å². The van der Waals surface area contributed by atoms with Crippen molar-refractivity contribution in [2.24, 2.45) is 0 Å². The van der Waals surface area contributed by atoms with Gasteiger partial charge < -0.3 is 10.6 Å². The number of carbonyl (C=O) groups is 1. The number of nitrogens with zero attached hydrogens (tertiary/aromatic N) is 2. The van der Waals surface area contributed by atoms with Crippen molar-refractivity contribution in [2.45, 2.75) is 0 Å². The zero-order valence-electron chi connectivity index (χ0n) is 15.0. The zero-order valence-corrected chi connectivity index (χ0v) is 15.0. The van der Waals surface area contributed by atoms with Crippen LogP contribution in [0.2, 0.25) is 0 Å². The fourth-order valence-electron chi connectivity index (χ4n) is 2.76. The van der Waals surface area contributed by atoms with Crippen molar-refractivity contribution >= 4 is 23.1 Å². The smallest absolute Gasteiger partial charge is 0.257 e. The number of nitrogens with one attached hydrogen (secondary N) is 2. The van der Waals surface area contributed by atoms with E-state index in [2.05, 4.69) is 20.6 Å². The largest absolute Gasteiger partial charge is 0.340 e. The molecule has 28 heavy (non-hydrogen) atoms. The van der Waals surface area contributed by atoms with Gasteiger partial charge in [0.15, 0.2) is 0 Å². The predicted molar refractivity (Wildman–Crippen MR) is 112 cm³/mol. The van der Waals surface area contributed by atoms with Crippen molar-refractivity contribution < 1.29 is 4.79 Å². The summed E-state index contributed by atoms with van der Waals surface area (Å²) < 4.78 is 0. The molecule has 0 spiro atoms. The third-order valence-corrected chi connectivity index (χ3v) is 4.15. The van der Waals surface area contributed by atoms with Crippen molar-refractivity contribution in [1.29, 1.82) is 0 Å². The molecule has 0 unspecified atom stereocenters.